The van der Waals surface area contributed by atoms with E-state index in [1.807, 2.05) is 6.21 Å². The Morgan fingerprint density at radius 3 is 2.75 bits per heavy atom. The Labute approximate surface area is 73.1 Å². The van der Waals surface area contributed by atoms with Gasteiger partial charge in [-0.1, -0.05) is 6.07 Å². The van der Waals surface area contributed by atoms with Crippen LogP contribution in [0.2, 0.25) is 0 Å². The highest BCUT2D eigenvalue weighted by Crippen LogP contribution is 2.17. The standard InChI is InChI=1S/C11H13N/c1-8-5-10-3-4-12-7-11(10)6-9(8)2/h5-7H,3-4H2,1-2H3. The van der Waals surface area contributed by atoms with Gasteiger partial charge in [0, 0.05) is 12.8 Å². The number of hydrogen-bond acceptors (Lipinski definition) is 1. The summed E-state index contributed by atoms with van der Waals surface area (Å²) in [5, 5.41) is 0. The molecule has 1 heteroatoms. The Morgan fingerprint density at radius 1 is 1.17 bits per heavy atom. The first-order valence-corrected chi connectivity index (χ1v) is 4.37. The van der Waals surface area contributed by atoms with Crippen molar-refractivity contribution in [3.05, 3.63) is 34.4 Å². The van der Waals surface area contributed by atoms with E-state index in [2.05, 4.69) is 31.0 Å². The molecule has 0 saturated carbocycles. The van der Waals surface area contributed by atoms with Crippen molar-refractivity contribution in [3.63, 3.8) is 0 Å². The second-order valence-electron chi connectivity index (χ2n) is 3.42. The van der Waals surface area contributed by atoms with Crippen LogP contribution in [0.3, 0.4) is 0 Å². The summed E-state index contributed by atoms with van der Waals surface area (Å²) in [6.45, 7) is 5.27. The van der Waals surface area contributed by atoms with E-state index in [0.717, 1.165) is 13.0 Å². The van der Waals surface area contributed by atoms with Gasteiger partial charge in [-0.05, 0) is 48.6 Å². The van der Waals surface area contributed by atoms with Crippen molar-refractivity contribution in [1.29, 1.82) is 0 Å². The molecule has 0 amide bonds. The van der Waals surface area contributed by atoms with Crippen LogP contribution < -0.4 is 0 Å². The molecule has 12 heavy (non-hydrogen) atoms. The summed E-state index contributed by atoms with van der Waals surface area (Å²) in [6.07, 6.45) is 3.10. The number of aryl methyl sites for hydroxylation is 2. The number of fused-ring (bicyclic) bond motifs is 1. The van der Waals surface area contributed by atoms with Crippen molar-refractivity contribution < 1.29 is 0 Å². The van der Waals surface area contributed by atoms with Crippen LogP contribution in [0.25, 0.3) is 0 Å². The van der Waals surface area contributed by atoms with Gasteiger partial charge in [0.2, 0.25) is 0 Å². The minimum atomic E-state index is 0.954. The molecule has 0 aromatic heterocycles. The number of nitrogens with zero attached hydrogens (tertiary/aromatic N) is 1. The minimum absolute atomic E-state index is 0.954. The second-order valence-corrected chi connectivity index (χ2v) is 3.42. The van der Waals surface area contributed by atoms with Gasteiger partial charge >= 0.3 is 0 Å². The molecule has 1 aromatic carbocycles. The van der Waals surface area contributed by atoms with Gasteiger partial charge in [0.15, 0.2) is 0 Å². The lowest BCUT2D eigenvalue weighted by atomic mass is 9.97. The third-order valence-electron chi connectivity index (χ3n) is 2.50. The fourth-order valence-electron chi connectivity index (χ4n) is 1.58. The maximum absolute atomic E-state index is 4.26. The molecule has 1 aliphatic heterocycles. The summed E-state index contributed by atoms with van der Waals surface area (Å²) in [6, 6.07) is 4.52. The molecule has 1 heterocycles. The molecule has 0 saturated heterocycles. The normalized spacial score (nSPS) is 14.5. The predicted octanol–water partition coefficient (Wildman–Crippen LogP) is 2.28. The zero-order valence-corrected chi connectivity index (χ0v) is 7.59. The number of rotatable bonds is 0. The first-order valence-electron chi connectivity index (χ1n) is 4.37. The van der Waals surface area contributed by atoms with Gasteiger partial charge in [-0.3, -0.25) is 4.99 Å². The van der Waals surface area contributed by atoms with Crippen molar-refractivity contribution >= 4 is 6.21 Å². The summed E-state index contributed by atoms with van der Waals surface area (Å²) in [5.74, 6) is 0. The van der Waals surface area contributed by atoms with Gasteiger partial charge in [0.05, 0.1) is 0 Å². The van der Waals surface area contributed by atoms with Crippen molar-refractivity contribution in [1.82, 2.24) is 0 Å². The molecule has 0 unspecified atom stereocenters. The molecule has 0 radical (unpaired) electrons. The van der Waals surface area contributed by atoms with Gasteiger partial charge in [-0.15, -0.1) is 0 Å². The maximum Gasteiger partial charge on any atom is 0.0430 e. The lowest BCUT2D eigenvalue weighted by Gasteiger charge is -2.12. The monoisotopic (exact) mass is 159 g/mol. The highest BCUT2D eigenvalue weighted by Gasteiger charge is 2.06. The molecule has 2 rings (SSSR count). The predicted molar refractivity (Wildman–Crippen MR) is 52.1 cm³/mol. The minimum Gasteiger partial charge on any atom is -0.292 e. The molecule has 0 fully saturated rings. The molecular weight excluding hydrogens is 146 g/mol. The van der Waals surface area contributed by atoms with E-state index in [1.165, 1.54) is 22.3 Å². The molecular formula is C11H13N. The smallest absolute Gasteiger partial charge is 0.0430 e. The van der Waals surface area contributed by atoms with Gasteiger partial charge in [0.1, 0.15) is 0 Å². The van der Waals surface area contributed by atoms with Crippen molar-refractivity contribution in [3.8, 4) is 0 Å². The number of hydrogen-bond donors (Lipinski definition) is 0. The van der Waals surface area contributed by atoms with Gasteiger partial charge in [0.25, 0.3) is 0 Å². The van der Waals surface area contributed by atoms with E-state index in [1.54, 1.807) is 0 Å². The van der Waals surface area contributed by atoms with Gasteiger partial charge in [-0.2, -0.15) is 0 Å². The molecule has 1 aliphatic rings. The lowest BCUT2D eigenvalue weighted by molar-refractivity contribution is 0.948. The SMILES string of the molecule is Cc1cc2c(cc1C)CCN=C2. The summed E-state index contributed by atoms with van der Waals surface area (Å²) in [7, 11) is 0. The molecule has 1 nitrogen and oxygen atoms in total. The zero-order chi connectivity index (χ0) is 8.55. The molecule has 0 aliphatic carbocycles. The van der Waals surface area contributed by atoms with Crippen LogP contribution in [0.1, 0.15) is 22.3 Å². The number of aliphatic imine (C=N–C) groups is 1. The second kappa shape index (κ2) is 2.74. The van der Waals surface area contributed by atoms with Crippen molar-refractivity contribution in [2.45, 2.75) is 20.3 Å². The molecule has 0 bridgehead atoms. The first kappa shape index (κ1) is 7.53. The van der Waals surface area contributed by atoms with Crippen LogP contribution in [-0.4, -0.2) is 12.8 Å². The number of benzene rings is 1. The molecule has 62 valence electrons. The zero-order valence-electron chi connectivity index (χ0n) is 7.59. The largest absolute Gasteiger partial charge is 0.292 e. The Kier molecular flexibility index (Phi) is 1.72. The molecule has 0 N–H and O–H groups in total. The van der Waals surface area contributed by atoms with E-state index >= 15 is 0 Å². The van der Waals surface area contributed by atoms with Gasteiger partial charge < -0.3 is 0 Å². The summed E-state index contributed by atoms with van der Waals surface area (Å²) in [4.78, 5) is 4.26. The summed E-state index contributed by atoms with van der Waals surface area (Å²) >= 11 is 0. The summed E-state index contributed by atoms with van der Waals surface area (Å²) in [5.41, 5.74) is 5.52. The Morgan fingerprint density at radius 2 is 1.92 bits per heavy atom. The Balaban J connectivity index is 2.58. The molecule has 1 aromatic rings. The average Bonchev–Trinajstić information content (AvgIpc) is 2.07. The van der Waals surface area contributed by atoms with E-state index in [0.29, 0.717) is 0 Å². The van der Waals surface area contributed by atoms with Crippen LogP contribution in [0.5, 0.6) is 0 Å². The first-order chi connectivity index (χ1) is 5.77. The van der Waals surface area contributed by atoms with Crippen LogP contribution in [0.15, 0.2) is 17.1 Å². The molecule has 0 atom stereocenters. The van der Waals surface area contributed by atoms with Gasteiger partial charge in [-0.25, -0.2) is 0 Å². The van der Waals surface area contributed by atoms with Crippen molar-refractivity contribution in [2.24, 2.45) is 4.99 Å². The third-order valence-corrected chi connectivity index (χ3v) is 2.50. The van der Waals surface area contributed by atoms with Crippen molar-refractivity contribution in [2.75, 3.05) is 6.54 Å². The van der Waals surface area contributed by atoms with Crippen LogP contribution >= 0.6 is 0 Å². The summed E-state index contributed by atoms with van der Waals surface area (Å²) < 4.78 is 0. The fourth-order valence-corrected chi connectivity index (χ4v) is 1.58. The van der Waals surface area contributed by atoms with Crippen LogP contribution in [-0.2, 0) is 6.42 Å². The van der Waals surface area contributed by atoms with E-state index in [9.17, 15) is 0 Å². The molecule has 0 spiro atoms. The van der Waals surface area contributed by atoms with E-state index in [4.69, 9.17) is 0 Å². The lowest BCUT2D eigenvalue weighted by Crippen LogP contribution is -2.03. The van der Waals surface area contributed by atoms with Crippen LogP contribution in [0, 0.1) is 13.8 Å². The topological polar surface area (TPSA) is 12.4 Å². The Bertz CT molecular complexity index is 337. The highest BCUT2D eigenvalue weighted by atomic mass is 14.7. The van der Waals surface area contributed by atoms with E-state index in [-0.39, 0.29) is 0 Å². The maximum atomic E-state index is 4.26. The fraction of sp³-hybridized carbons (Fsp3) is 0.364. The highest BCUT2D eigenvalue weighted by molar-refractivity contribution is 5.83. The Hall–Kier alpha value is -1.11. The average molecular weight is 159 g/mol. The van der Waals surface area contributed by atoms with E-state index < -0.39 is 0 Å². The third kappa shape index (κ3) is 1.15. The quantitative estimate of drug-likeness (QED) is 0.550. The van der Waals surface area contributed by atoms with Crippen LogP contribution in [0.4, 0.5) is 0 Å².